The van der Waals surface area contributed by atoms with Crippen molar-refractivity contribution < 1.29 is 0 Å². The van der Waals surface area contributed by atoms with Crippen molar-refractivity contribution in [2.75, 3.05) is 0 Å². The van der Waals surface area contributed by atoms with Crippen LogP contribution in [0.15, 0.2) is 164 Å². The van der Waals surface area contributed by atoms with Gasteiger partial charge in [-0.15, -0.1) is 0 Å². The molecule has 0 radical (unpaired) electrons. The molecule has 9 aromatic carbocycles. The normalized spacial score (nSPS) is 13.6. The van der Waals surface area contributed by atoms with Gasteiger partial charge in [0.2, 0.25) is 0 Å². The zero-order valence-electron chi connectivity index (χ0n) is 28.0. The van der Waals surface area contributed by atoms with Crippen LogP contribution in [-0.4, -0.2) is 4.57 Å². The summed E-state index contributed by atoms with van der Waals surface area (Å²) in [6.07, 6.45) is 0. The van der Waals surface area contributed by atoms with Crippen LogP contribution in [0.4, 0.5) is 0 Å². The molecule has 1 heteroatoms. The van der Waals surface area contributed by atoms with Crippen molar-refractivity contribution >= 4 is 54.1 Å². The van der Waals surface area contributed by atoms with E-state index in [4.69, 9.17) is 0 Å². The molecule has 0 unspecified atom stereocenters. The smallest absolute Gasteiger partial charge is 0.0541 e. The second kappa shape index (κ2) is 9.94. The van der Waals surface area contributed by atoms with Gasteiger partial charge >= 0.3 is 0 Å². The largest absolute Gasteiger partial charge is 0.309 e. The van der Waals surface area contributed by atoms with Crippen LogP contribution in [0.5, 0.6) is 0 Å². The summed E-state index contributed by atoms with van der Waals surface area (Å²) in [7, 11) is 0. The molecular weight excluding hydrogens is 603 g/mol. The highest BCUT2D eigenvalue weighted by Gasteiger charge is 2.35. The summed E-state index contributed by atoms with van der Waals surface area (Å²) in [4.78, 5) is 0. The van der Waals surface area contributed by atoms with Crippen LogP contribution in [0.2, 0.25) is 0 Å². The summed E-state index contributed by atoms with van der Waals surface area (Å²) < 4.78 is 2.39. The zero-order chi connectivity index (χ0) is 33.1. The highest BCUT2D eigenvalue weighted by atomic mass is 15.0. The molecule has 10 aromatic rings. The molecule has 0 atom stereocenters. The van der Waals surface area contributed by atoms with Crippen molar-refractivity contribution in [1.29, 1.82) is 0 Å². The number of hydrogen-bond acceptors (Lipinski definition) is 0. The molecule has 1 aromatic heterocycles. The molecule has 1 nitrogen and oxygen atoms in total. The second-order valence-corrected chi connectivity index (χ2v) is 14.5. The van der Waals surface area contributed by atoms with E-state index in [0.29, 0.717) is 0 Å². The molecule has 234 valence electrons. The number of rotatable bonds is 3. The third-order valence-corrected chi connectivity index (χ3v) is 11.6. The van der Waals surface area contributed by atoms with Crippen molar-refractivity contribution in [2.24, 2.45) is 0 Å². The first-order valence-corrected chi connectivity index (χ1v) is 17.6. The van der Waals surface area contributed by atoms with Crippen LogP contribution in [0.25, 0.3) is 93.2 Å². The zero-order valence-corrected chi connectivity index (χ0v) is 28.0. The lowest BCUT2D eigenvalue weighted by Crippen LogP contribution is -2.14. The van der Waals surface area contributed by atoms with Gasteiger partial charge in [0, 0.05) is 21.9 Å². The van der Waals surface area contributed by atoms with Crippen LogP contribution >= 0.6 is 0 Å². The van der Waals surface area contributed by atoms with E-state index in [1.807, 2.05) is 0 Å². The molecule has 0 fully saturated rings. The Labute approximate surface area is 291 Å². The lowest BCUT2D eigenvalue weighted by atomic mass is 9.81. The topological polar surface area (TPSA) is 4.93 Å². The molecule has 1 aliphatic carbocycles. The highest BCUT2D eigenvalue weighted by Crippen LogP contribution is 2.50. The highest BCUT2D eigenvalue weighted by molar-refractivity contribution is 6.27. The molecule has 0 amide bonds. The van der Waals surface area contributed by atoms with E-state index in [2.05, 4.69) is 182 Å². The van der Waals surface area contributed by atoms with E-state index in [9.17, 15) is 0 Å². The second-order valence-electron chi connectivity index (χ2n) is 14.5. The molecular formula is C49H33N. The van der Waals surface area contributed by atoms with E-state index in [0.717, 1.165) is 0 Å². The molecule has 0 aliphatic heterocycles. The standard InChI is InChI=1S/C49H33N/c1-49(2)43-12-6-3-9-37(43)38-26-21-33(29-44(38)49)36-25-18-32-19-27-41-35(24-17-31-20-28-42(36)48(32)47(31)41)30-15-22-34(23-16-30)50-45-13-7-4-10-39(45)40-11-5-8-14-46(40)50/h3-29H,1-2H3. The van der Waals surface area contributed by atoms with Crippen molar-refractivity contribution in [2.45, 2.75) is 19.3 Å². The Morgan fingerprint density at radius 3 is 1.54 bits per heavy atom. The summed E-state index contributed by atoms with van der Waals surface area (Å²) in [5.74, 6) is 0. The number of nitrogens with zero attached hydrogens (tertiary/aromatic N) is 1. The minimum atomic E-state index is -0.0300. The fourth-order valence-electron chi connectivity index (χ4n) is 9.17. The first-order chi connectivity index (χ1) is 24.6. The Hall–Kier alpha value is -6.18. The van der Waals surface area contributed by atoms with E-state index in [1.54, 1.807) is 0 Å². The van der Waals surface area contributed by atoms with Gasteiger partial charge in [0.15, 0.2) is 0 Å². The lowest BCUT2D eigenvalue weighted by Gasteiger charge is -2.22. The minimum Gasteiger partial charge on any atom is -0.309 e. The van der Waals surface area contributed by atoms with Gasteiger partial charge in [-0.3, -0.25) is 0 Å². The number of benzene rings is 9. The van der Waals surface area contributed by atoms with Gasteiger partial charge in [0.25, 0.3) is 0 Å². The first kappa shape index (κ1) is 27.7. The molecule has 1 heterocycles. The Balaban J connectivity index is 1.06. The number of fused-ring (bicyclic) bond motifs is 6. The molecule has 1 aliphatic rings. The Kier molecular flexibility index (Phi) is 5.51. The van der Waals surface area contributed by atoms with Gasteiger partial charge in [-0.05, 0) is 107 Å². The number of para-hydroxylation sites is 2. The fraction of sp³-hybridized carbons (Fsp3) is 0.0612. The molecule has 0 saturated carbocycles. The Morgan fingerprint density at radius 2 is 0.880 bits per heavy atom. The quantitative estimate of drug-likeness (QED) is 0.170. The third-order valence-electron chi connectivity index (χ3n) is 11.6. The predicted octanol–water partition coefficient (Wildman–Crippen LogP) is 13.3. The van der Waals surface area contributed by atoms with Gasteiger partial charge in [0.05, 0.1) is 11.0 Å². The Bertz CT molecular complexity index is 2940. The number of hydrogen-bond donors (Lipinski definition) is 0. The average molecular weight is 636 g/mol. The maximum atomic E-state index is 2.45. The third kappa shape index (κ3) is 3.67. The van der Waals surface area contributed by atoms with Gasteiger partial charge in [-0.1, -0.05) is 147 Å². The Morgan fingerprint density at radius 1 is 0.380 bits per heavy atom. The monoisotopic (exact) mass is 635 g/mol. The van der Waals surface area contributed by atoms with E-state index in [1.165, 1.54) is 104 Å². The maximum absolute atomic E-state index is 2.45. The van der Waals surface area contributed by atoms with E-state index >= 15 is 0 Å². The van der Waals surface area contributed by atoms with Crippen LogP contribution in [0.1, 0.15) is 25.0 Å². The summed E-state index contributed by atoms with van der Waals surface area (Å²) in [5, 5.41) is 10.4. The van der Waals surface area contributed by atoms with Crippen LogP contribution in [0, 0.1) is 0 Å². The number of aromatic nitrogens is 1. The maximum Gasteiger partial charge on any atom is 0.0541 e. The van der Waals surface area contributed by atoms with Crippen molar-refractivity contribution in [1.82, 2.24) is 4.57 Å². The van der Waals surface area contributed by atoms with Gasteiger partial charge in [-0.2, -0.15) is 0 Å². The van der Waals surface area contributed by atoms with Crippen molar-refractivity contribution in [3.8, 4) is 39.1 Å². The minimum absolute atomic E-state index is 0.0300. The summed E-state index contributed by atoms with van der Waals surface area (Å²) in [5.41, 5.74) is 14.2. The SMILES string of the molecule is CC1(C)c2ccccc2-c2ccc(-c3ccc4ccc5c(-c6ccc(-n7c8ccccc8c8ccccc87)cc6)ccc6ccc3c4c65)cc21. The predicted molar refractivity (Wildman–Crippen MR) is 213 cm³/mol. The van der Waals surface area contributed by atoms with Crippen LogP contribution < -0.4 is 0 Å². The van der Waals surface area contributed by atoms with Gasteiger partial charge < -0.3 is 4.57 Å². The van der Waals surface area contributed by atoms with Crippen molar-refractivity contribution in [3.05, 3.63) is 175 Å². The summed E-state index contributed by atoms with van der Waals surface area (Å²) in [6, 6.07) is 61.1. The van der Waals surface area contributed by atoms with Crippen LogP contribution in [-0.2, 0) is 5.41 Å². The first-order valence-electron chi connectivity index (χ1n) is 17.6. The molecule has 50 heavy (non-hydrogen) atoms. The van der Waals surface area contributed by atoms with Gasteiger partial charge in [0.1, 0.15) is 0 Å². The molecule has 11 rings (SSSR count). The van der Waals surface area contributed by atoms with Crippen LogP contribution in [0.3, 0.4) is 0 Å². The van der Waals surface area contributed by atoms with E-state index in [-0.39, 0.29) is 5.41 Å². The fourth-order valence-corrected chi connectivity index (χ4v) is 9.17. The lowest BCUT2D eigenvalue weighted by molar-refractivity contribution is 0.660. The summed E-state index contributed by atoms with van der Waals surface area (Å²) >= 11 is 0. The summed E-state index contributed by atoms with van der Waals surface area (Å²) in [6.45, 7) is 4.73. The van der Waals surface area contributed by atoms with Gasteiger partial charge in [-0.25, -0.2) is 0 Å². The molecule has 0 spiro atoms. The molecule has 0 bridgehead atoms. The molecule has 0 N–H and O–H groups in total. The average Bonchev–Trinajstić information content (AvgIpc) is 3.62. The van der Waals surface area contributed by atoms with E-state index < -0.39 is 0 Å². The van der Waals surface area contributed by atoms with Crippen molar-refractivity contribution in [3.63, 3.8) is 0 Å². The molecule has 0 saturated heterocycles.